The van der Waals surface area contributed by atoms with Crippen LogP contribution < -0.4 is 0 Å². The normalized spacial score (nSPS) is 11.9. The van der Waals surface area contributed by atoms with Gasteiger partial charge in [0, 0.05) is 54.7 Å². The number of benzene rings is 8. The number of furan rings is 2. The Hall–Kier alpha value is -7.83. The monoisotopic (exact) mass is 730 g/mol. The van der Waals surface area contributed by atoms with Crippen LogP contribution >= 0.6 is 0 Å². The molecule has 0 amide bonds. The third kappa shape index (κ3) is 5.01. The highest BCUT2D eigenvalue weighted by molar-refractivity contribution is 6.16. The van der Waals surface area contributed by atoms with Crippen molar-refractivity contribution in [2.24, 2.45) is 0 Å². The van der Waals surface area contributed by atoms with E-state index >= 15 is 0 Å². The summed E-state index contributed by atoms with van der Waals surface area (Å²) in [6.07, 6.45) is 0. The van der Waals surface area contributed by atoms with Gasteiger partial charge in [-0.15, -0.1) is 0 Å². The molecule has 0 bridgehead atoms. The molecule has 0 saturated carbocycles. The summed E-state index contributed by atoms with van der Waals surface area (Å²) in [5, 5.41) is 6.60. The van der Waals surface area contributed by atoms with Gasteiger partial charge < -0.3 is 13.4 Å². The van der Waals surface area contributed by atoms with E-state index < -0.39 is 0 Å². The van der Waals surface area contributed by atoms with Crippen molar-refractivity contribution in [1.82, 2.24) is 19.5 Å². The van der Waals surface area contributed by atoms with Gasteiger partial charge in [-0.2, -0.15) is 0 Å². The molecular formula is C51H30N4O2. The number of para-hydroxylation sites is 3. The zero-order valence-electron chi connectivity index (χ0n) is 30.4. The van der Waals surface area contributed by atoms with Crippen molar-refractivity contribution in [2.75, 3.05) is 0 Å². The molecule has 0 fully saturated rings. The summed E-state index contributed by atoms with van der Waals surface area (Å²) >= 11 is 0. The predicted octanol–water partition coefficient (Wildman–Crippen LogP) is 13.4. The number of rotatable bonds is 5. The van der Waals surface area contributed by atoms with Gasteiger partial charge in [-0.25, -0.2) is 15.0 Å². The summed E-state index contributed by atoms with van der Waals surface area (Å²) in [5.74, 6) is 1.76. The lowest BCUT2D eigenvalue weighted by Crippen LogP contribution is -2.00. The van der Waals surface area contributed by atoms with E-state index in [1.807, 2.05) is 66.7 Å². The molecule has 8 aromatic carbocycles. The van der Waals surface area contributed by atoms with E-state index in [0.717, 1.165) is 77.4 Å². The minimum Gasteiger partial charge on any atom is -0.456 e. The third-order valence-corrected chi connectivity index (χ3v) is 11.1. The summed E-state index contributed by atoms with van der Waals surface area (Å²) < 4.78 is 15.1. The summed E-state index contributed by atoms with van der Waals surface area (Å²) in [6, 6.07) is 62.8. The van der Waals surface area contributed by atoms with Crippen molar-refractivity contribution in [3.05, 3.63) is 182 Å². The molecule has 4 aromatic heterocycles. The quantitative estimate of drug-likeness (QED) is 0.176. The van der Waals surface area contributed by atoms with Gasteiger partial charge in [0.05, 0.1) is 11.0 Å². The van der Waals surface area contributed by atoms with Crippen molar-refractivity contribution in [3.63, 3.8) is 0 Å². The largest absolute Gasteiger partial charge is 0.456 e. The van der Waals surface area contributed by atoms with Crippen molar-refractivity contribution < 1.29 is 8.83 Å². The molecule has 0 unspecified atom stereocenters. The van der Waals surface area contributed by atoms with E-state index in [2.05, 4.69) is 120 Å². The Labute approximate surface area is 325 Å². The van der Waals surface area contributed by atoms with Crippen LogP contribution in [0.2, 0.25) is 0 Å². The Morgan fingerprint density at radius 3 is 1.67 bits per heavy atom. The van der Waals surface area contributed by atoms with Gasteiger partial charge in [0.2, 0.25) is 0 Å². The minimum absolute atomic E-state index is 0.570. The van der Waals surface area contributed by atoms with Crippen LogP contribution in [0.5, 0.6) is 0 Å². The van der Waals surface area contributed by atoms with Gasteiger partial charge in [0.25, 0.3) is 0 Å². The maximum atomic E-state index is 6.67. The smallest absolute Gasteiger partial charge is 0.164 e. The Morgan fingerprint density at radius 2 is 0.877 bits per heavy atom. The number of nitrogens with zero attached hydrogens (tertiary/aromatic N) is 4. The lowest BCUT2D eigenvalue weighted by Gasteiger charge is -2.08. The first kappa shape index (κ1) is 31.5. The van der Waals surface area contributed by atoms with Crippen LogP contribution in [0.15, 0.2) is 191 Å². The molecule has 0 aliphatic rings. The molecule has 6 nitrogen and oxygen atoms in total. The number of fused-ring (bicyclic) bond motifs is 9. The van der Waals surface area contributed by atoms with Crippen LogP contribution in [0.1, 0.15) is 0 Å². The fourth-order valence-corrected chi connectivity index (χ4v) is 8.41. The first-order valence-electron chi connectivity index (χ1n) is 19.0. The molecule has 0 saturated heterocycles. The summed E-state index contributed by atoms with van der Waals surface area (Å²) in [7, 11) is 0. The maximum absolute atomic E-state index is 6.67. The fraction of sp³-hybridized carbons (Fsp3) is 0. The van der Waals surface area contributed by atoms with Crippen molar-refractivity contribution >= 4 is 65.7 Å². The lowest BCUT2D eigenvalue weighted by atomic mass is 9.98. The van der Waals surface area contributed by atoms with E-state index in [0.29, 0.717) is 17.5 Å². The predicted molar refractivity (Wildman–Crippen MR) is 230 cm³/mol. The summed E-state index contributed by atoms with van der Waals surface area (Å²) in [6.45, 7) is 0. The van der Waals surface area contributed by atoms with Gasteiger partial charge in [0.15, 0.2) is 17.5 Å². The van der Waals surface area contributed by atoms with Crippen molar-refractivity contribution in [1.29, 1.82) is 0 Å². The van der Waals surface area contributed by atoms with Crippen LogP contribution in [-0.4, -0.2) is 19.5 Å². The van der Waals surface area contributed by atoms with E-state index in [-0.39, 0.29) is 0 Å². The zero-order valence-corrected chi connectivity index (χ0v) is 30.4. The van der Waals surface area contributed by atoms with Gasteiger partial charge in [0.1, 0.15) is 22.3 Å². The van der Waals surface area contributed by atoms with Crippen LogP contribution in [0.4, 0.5) is 0 Å². The molecule has 0 aliphatic carbocycles. The average Bonchev–Trinajstić information content (AvgIpc) is 3.95. The van der Waals surface area contributed by atoms with E-state index in [4.69, 9.17) is 23.8 Å². The molecule has 0 atom stereocenters. The SMILES string of the molecule is c1ccc(-c2nc(-c3ccc4c(c3)oc3cc(-c5cccc6c5c5ccccc5n6-c5ccccc5)ccc34)nc(-c3ccc4oc5ccccc5c4c3)n2)cc1. The Balaban J connectivity index is 0.990. The number of aromatic nitrogens is 4. The minimum atomic E-state index is 0.570. The van der Waals surface area contributed by atoms with Crippen LogP contribution in [0.25, 0.3) is 117 Å². The Bertz CT molecular complexity index is 3530. The van der Waals surface area contributed by atoms with E-state index in [9.17, 15) is 0 Å². The average molecular weight is 731 g/mol. The molecule has 0 radical (unpaired) electrons. The molecule has 57 heavy (non-hydrogen) atoms. The molecule has 6 heteroatoms. The molecule has 12 rings (SSSR count). The second-order valence-corrected chi connectivity index (χ2v) is 14.4. The van der Waals surface area contributed by atoms with Crippen molar-refractivity contribution in [3.8, 4) is 51.0 Å². The molecule has 266 valence electrons. The molecule has 0 aliphatic heterocycles. The van der Waals surface area contributed by atoms with Gasteiger partial charge in [-0.05, 0) is 83.9 Å². The van der Waals surface area contributed by atoms with Crippen LogP contribution in [-0.2, 0) is 0 Å². The maximum Gasteiger partial charge on any atom is 0.164 e. The van der Waals surface area contributed by atoms with Gasteiger partial charge in [-0.1, -0.05) is 109 Å². The highest BCUT2D eigenvalue weighted by atomic mass is 16.3. The second-order valence-electron chi connectivity index (χ2n) is 14.4. The molecule has 0 N–H and O–H groups in total. The highest BCUT2D eigenvalue weighted by Crippen LogP contribution is 2.41. The first-order chi connectivity index (χ1) is 28.2. The van der Waals surface area contributed by atoms with E-state index in [1.54, 1.807) is 0 Å². The van der Waals surface area contributed by atoms with Gasteiger partial charge in [-0.3, -0.25) is 0 Å². The Kier molecular flexibility index (Phi) is 6.83. The third-order valence-electron chi connectivity index (χ3n) is 11.1. The van der Waals surface area contributed by atoms with Crippen molar-refractivity contribution in [2.45, 2.75) is 0 Å². The molecule has 12 aromatic rings. The molecule has 0 spiro atoms. The standard InChI is InChI=1S/C51H30N4O2/c1-3-12-31(13-4-1)49-52-50(33-24-27-45-41(28-33)37-16-8-10-21-44(37)56-45)54-51(53-49)34-23-26-39-38-25-22-32(29-46(38)57-47(39)30-34)36-18-11-20-43-48(36)40-17-7-9-19-42(40)55(43)35-14-5-2-6-15-35/h1-30H. The molecule has 4 heterocycles. The van der Waals surface area contributed by atoms with Crippen LogP contribution in [0.3, 0.4) is 0 Å². The summed E-state index contributed by atoms with van der Waals surface area (Å²) in [4.78, 5) is 15.1. The zero-order chi connectivity index (χ0) is 37.5. The lowest BCUT2D eigenvalue weighted by molar-refractivity contribution is 0.668. The van der Waals surface area contributed by atoms with E-state index in [1.165, 1.54) is 21.8 Å². The molecular weight excluding hydrogens is 701 g/mol. The second kappa shape index (κ2) is 12.3. The highest BCUT2D eigenvalue weighted by Gasteiger charge is 2.19. The number of hydrogen-bond acceptors (Lipinski definition) is 5. The first-order valence-corrected chi connectivity index (χ1v) is 19.0. The topological polar surface area (TPSA) is 69.9 Å². The number of hydrogen-bond donors (Lipinski definition) is 0. The summed E-state index contributed by atoms with van der Waals surface area (Å²) in [5.41, 5.74) is 11.7. The van der Waals surface area contributed by atoms with Crippen LogP contribution in [0, 0.1) is 0 Å². The van der Waals surface area contributed by atoms with Gasteiger partial charge >= 0.3 is 0 Å². The Morgan fingerprint density at radius 1 is 0.333 bits per heavy atom. The fourth-order valence-electron chi connectivity index (χ4n) is 8.41.